The Bertz CT molecular complexity index is 465. The van der Waals surface area contributed by atoms with E-state index in [0.29, 0.717) is 6.04 Å². The average Bonchev–Trinajstić information content (AvgIpc) is 2.45. The SMILES string of the molecule is C=CCC(NCc1ccccc1)c1ccncc1. The summed E-state index contributed by atoms with van der Waals surface area (Å²) in [6, 6.07) is 14.8. The highest BCUT2D eigenvalue weighted by molar-refractivity contribution is 5.18. The van der Waals surface area contributed by atoms with E-state index in [2.05, 4.69) is 41.1 Å². The quantitative estimate of drug-likeness (QED) is 0.779. The van der Waals surface area contributed by atoms with Crippen molar-refractivity contribution in [3.8, 4) is 0 Å². The number of benzene rings is 1. The van der Waals surface area contributed by atoms with Crippen LogP contribution in [0.1, 0.15) is 23.6 Å². The second-order valence-electron chi connectivity index (χ2n) is 4.22. The van der Waals surface area contributed by atoms with Crippen molar-refractivity contribution >= 4 is 0 Å². The van der Waals surface area contributed by atoms with Gasteiger partial charge in [-0.15, -0.1) is 6.58 Å². The minimum absolute atomic E-state index is 0.297. The van der Waals surface area contributed by atoms with E-state index < -0.39 is 0 Å². The van der Waals surface area contributed by atoms with E-state index in [0.717, 1.165) is 13.0 Å². The van der Waals surface area contributed by atoms with Crippen LogP contribution in [0.4, 0.5) is 0 Å². The van der Waals surface area contributed by atoms with Gasteiger partial charge in [0.25, 0.3) is 0 Å². The van der Waals surface area contributed by atoms with Gasteiger partial charge in [-0.3, -0.25) is 4.98 Å². The third-order valence-corrected chi connectivity index (χ3v) is 2.91. The molecule has 0 aliphatic carbocycles. The smallest absolute Gasteiger partial charge is 0.0358 e. The van der Waals surface area contributed by atoms with E-state index in [-0.39, 0.29) is 0 Å². The Morgan fingerprint density at radius 3 is 2.50 bits per heavy atom. The summed E-state index contributed by atoms with van der Waals surface area (Å²) in [4.78, 5) is 4.05. The summed E-state index contributed by atoms with van der Waals surface area (Å²) in [5, 5.41) is 3.55. The van der Waals surface area contributed by atoms with Gasteiger partial charge < -0.3 is 5.32 Å². The van der Waals surface area contributed by atoms with Crippen molar-refractivity contribution in [2.75, 3.05) is 0 Å². The van der Waals surface area contributed by atoms with E-state index in [9.17, 15) is 0 Å². The van der Waals surface area contributed by atoms with Crippen LogP contribution < -0.4 is 5.32 Å². The molecule has 0 aliphatic heterocycles. The molecule has 1 heterocycles. The fraction of sp³-hybridized carbons (Fsp3) is 0.188. The molecule has 1 unspecified atom stereocenters. The van der Waals surface area contributed by atoms with Gasteiger partial charge in [-0.1, -0.05) is 36.4 Å². The maximum atomic E-state index is 4.05. The van der Waals surface area contributed by atoms with E-state index in [4.69, 9.17) is 0 Å². The normalized spacial score (nSPS) is 12.0. The zero-order valence-electron chi connectivity index (χ0n) is 10.4. The fourth-order valence-corrected chi connectivity index (χ4v) is 1.94. The van der Waals surface area contributed by atoms with Crippen LogP contribution in [0.2, 0.25) is 0 Å². The molecule has 1 aromatic carbocycles. The van der Waals surface area contributed by atoms with E-state index >= 15 is 0 Å². The molecule has 2 nitrogen and oxygen atoms in total. The van der Waals surface area contributed by atoms with Crippen molar-refractivity contribution < 1.29 is 0 Å². The fourth-order valence-electron chi connectivity index (χ4n) is 1.94. The van der Waals surface area contributed by atoms with Crippen LogP contribution in [0.5, 0.6) is 0 Å². The molecule has 0 amide bonds. The highest BCUT2D eigenvalue weighted by Gasteiger charge is 2.08. The molecule has 1 aromatic heterocycles. The summed E-state index contributed by atoms with van der Waals surface area (Å²) in [6.45, 7) is 4.69. The number of aromatic nitrogens is 1. The van der Waals surface area contributed by atoms with Gasteiger partial charge in [-0.05, 0) is 29.7 Å². The number of pyridine rings is 1. The molecule has 0 fully saturated rings. The van der Waals surface area contributed by atoms with Crippen molar-refractivity contribution in [2.24, 2.45) is 0 Å². The molecule has 0 saturated heterocycles. The Morgan fingerprint density at radius 2 is 1.83 bits per heavy atom. The Balaban J connectivity index is 2.01. The first kappa shape index (κ1) is 12.5. The van der Waals surface area contributed by atoms with E-state index in [1.165, 1.54) is 11.1 Å². The molecule has 0 aliphatic rings. The Hall–Kier alpha value is -1.93. The monoisotopic (exact) mass is 238 g/mol. The Kier molecular flexibility index (Phi) is 4.68. The second-order valence-corrected chi connectivity index (χ2v) is 4.22. The van der Waals surface area contributed by atoms with Crippen molar-refractivity contribution in [3.63, 3.8) is 0 Å². The molecule has 0 saturated carbocycles. The van der Waals surface area contributed by atoms with Gasteiger partial charge in [-0.25, -0.2) is 0 Å². The van der Waals surface area contributed by atoms with Gasteiger partial charge in [0.05, 0.1) is 0 Å². The minimum Gasteiger partial charge on any atom is -0.306 e. The molecule has 0 bridgehead atoms. The van der Waals surface area contributed by atoms with Gasteiger partial charge in [0, 0.05) is 25.0 Å². The first-order valence-electron chi connectivity index (χ1n) is 6.18. The number of hydrogen-bond acceptors (Lipinski definition) is 2. The minimum atomic E-state index is 0.297. The van der Waals surface area contributed by atoms with Crippen LogP contribution in [-0.2, 0) is 6.54 Å². The summed E-state index contributed by atoms with van der Waals surface area (Å²) in [6.07, 6.45) is 6.52. The molecule has 2 aromatic rings. The summed E-state index contributed by atoms with van der Waals surface area (Å²) in [7, 11) is 0. The van der Waals surface area contributed by atoms with Crippen LogP contribution in [0, 0.1) is 0 Å². The predicted molar refractivity (Wildman–Crippen MR) is 75.1 cm³/mol. The number of hydrogen-bond donors (Lipinski definition) is 1. The van der Waals surface area contributed by atoms with E-state index in [1.54, 1.807) is 0 Å². The Labute approximate surface area is 108 Å². The molecular weight excluding hydrogens is 220 g/mol. The van der Waals surface area contributed by atoms with Crippen molar-refractivity contribution in [3.05, 3.63) is 78.6 Å². The zero-order valence-corrected chi connectivity index (χ0v) is 10.4. The van der Waals surface area contributed by atoms with Crippen LogP contribution >= 0.6 is 0 Å². The topological polar surface area (TPSA) is 24.9 Å². The third kappa shape index (κ3) is 3.54. The van der Waals surface area contributed by atoms with Crippen LogP contribution in [0.25, 0.3) is 0 Å². The molecule has 92 valence electrons. The lowest BCUT2D eigenvalue weighted by Gasteiger charge is -2.17. The van der Waals surface area contributed by atoms with E-state index in [1.807, 2.05) is 36.7 Å². The molecule has 0 spiro atoms. The van der Waals surface area contributed by atoms with Gasteiger partial charge in [0.15, 0.2) is 0 Å². The molecule has 2 heteroatoms. The molecule has 18 heavy (non-hydrogen) atoms. The number of nitrogens with zero attached hydrogens (tertiary/aromatic N) is 1. The van der Waals surface area contributed by atoms with Gasteiger partial charge in [0.2, 0.25) is 0 Å². The predicted octanol–water partition coefficient (Wildman–Crippen LogP) is 3.49. The maximum absolute atomic E-state index is 4.05. The summed E-state index contributed by atoms with van der Waals surface area (Å²) >= 11 is 0. The molecule has 1 N–H and O–H groups in total. The first-order valence-corrected chi connectivity index (χ1v) is 6.18. The lowest BCUT2D eigenvalue weighted by atomic mass is 10.0. The van der Waals surface area contributed by atoms with Crippen molar-refractivity contribution in [2.45, 2.75) is 19.0 Å². The number of nitrogens with one attached hydrogen (secondary N) is 1. The molecule has 0 radical (unpaired) electrons. The highest BCUT2D eigenvalue weighted by atomic mass is 14.9. The Morgan fingerprint density at radius 1 is 1.11 bits per heavy atom. The lowest BCUT2D eigenvalue weighted by molar-refractivity contribution is 0.538. The zero-order chi connectivity index (χ0) is 12.6. The third-order valence-electron chi connectivity index (χ3n) is 2.91. The van der Waals surface area contributed by atoms with Crippen LogP contribution in [0.15, 0.2) is 67.5 Å². The maximum Gasteiger partial charge on any atom is 0.0358 e. The van der Waals surface area contributed by atoms with Crippen molar-refractivity contribution in [1.82, 2.24) is 10.3 Å². The summed E-state index contributed by atoms with van der Waals surface area (Å²) in [5.41, 5.74) is 2.54. The highest BCUT2D eigenvalue weighted by Crippen LogP contribution is 2.16. The second kappa shape index (κ2) is 6.72. The summed E-state index contributed by atoms with van der Waals surface area (Å²) in [5.74, 6) is 0. The van der Waals surface area contributed by atoms with Gasteiger partial charge >= 0.3 is 0 Å². The molecule has 1 atom stereocenters. The van der Waals surface area contributed by atoms with Crippen LogP contribution in [-0.4, -0.2) is 4.98 Å². The van der Waals surface area contributed by atoms with Gasteiger partial charge in [0.1, 0.15) is 0 Å². The standard InChI is InChI=1S/C16H18N2/c1-2-6-16(15-9-11-17-12-10-15)18-13-14-7-4-3-5-8-14/h2-5,7-12,16,18H,1,6,13H2. The largest absolute Gasteiger partial charge is 0.306 e. The van der Waals surface area contributed by atoms with Crippen molar-refractivity contribution in [1.29, 1.82) is 0 Å². The molecular formula is C16H18N2. The molecule has 2 rings (SSSR count). The lowest BCUT2D eigenvalue weighted by Crippen LogP contribution is -2.20. The average molecular weight is 238 g/mol. The first-order chi connectivity index (χ1) is 8.90. The van der Waals surface area contributed by atoms with Crippen LogP contribution in [0.3, 0.4) is 0 Å². The number of rotatable bonds is 6. The summed E-state index contributed by atoms with van der Waals surface area (Å²) < 4.78 is 0. The van der Waals surface area contributed by atoms with Gasteiger partial charge in [-0.2, -0.15) is 0 Å².